The number of hydrogen-bond donors (Lipinski definition) is 2. The van der Waals surface area contributed by atoms with E-state index in [1.165, 1.54) is 25.1 Å². The zero-order valence-electron chi connectivity index (χ0n) is 11.6. The molecule has 122 valence electrons. The summed E-state index contributed by atoms with van der Waals surface area (Å²) in [5.41, 5.74) is -0.437. The van der Waals surface area contributed by atoms with Gasteiger partial charge in [-0.15, -0.1) is 0 Å². The minimum absolute atomic E-state index is 0.0634. The first-order valence-corrected chi connectivity index (χ1v) is 6.63. The standard InChI is InChI=1S/C14H10F4N2O2S/c1-7-5-10(11(22-7)14(16,17)18)12(21)20-13(23)19-9-4-2-3-8(15)6-9/h2-6H,1H3,(H2,19,20,21,23). The summed E-state index contributed by atoms with van der Waals surface area (Å²) in [6, 6.07) is 6.16. The number of nitrogens with one attached hydrogen (secondary N) is 2. The predicted molar refractivity (Wildman–Crippen MR) is 78.5 cm³/mol. The number of alkyl halides is 3. The number of thiocarbonyl (C=S) groups is 1. The highest BCUT2D eigenvalue weighted by Gasteiger charge is 2.40. The topological polar surface area (TPSA) is 54.3 Å². The highest BCUT2D eigenvalue weighted by molar-refractivity contribution is 7.80. The maximum Gasteiger partial charge on any atom is 0.450 e. The van der Waals surface area contributed by atoms with E-state index in [4.69, 9.17) is 12.2 Å². The monoisotopic (exact) mass is 346 g/mol. The minimum Gasteiger partial charge on any atom is -0.456 e. The third kappa shape index (κ3) is 4.28. The Balaban J connectivity index is 2.12. The molecule has 2 N–H and O–H groups in total. The largest absolute Gasteiger partial charge is 0.456 e. The van der Waals surface area contributed by atoms with Crippen LogP contribution in [0.15, 0.2) is 34.7 Å². The fourth-order valence-corrected chi connectivity index (χ4v) is 2.00. The molecule has 2 rings (SSSR count). The Morgan fingerprint density at radius 3 is 2.57 bits per heavy atom. The summed E-state index contributed by atoms with van der Waals surface area (Å²) in [5.74, 6) is -3.08. The molecule has 0 fully saturated rings. The lowest BCUT2D eigenvalue weighted by Crippen LogP contribution is -2.34. The van der Waals surface area contributed by atoms with Gasteiger partial charge in [-0.3, -0.25) is 10.1 Å². The summed E-state index contributed by atoms with van der Waals surface area (Å²) >= 11 is 4.82. The van der Waals surface area contributed by atoms with Crippen LogP contribution in [0.1, 0.15) is 21.9 Å². The smallest absolute Gasteiger partial charge is 0.450 e. The van der Waals surface area contributed by atoms with Gasteiger partial charge in [-0.2, -0.15) is 13.2 Å². The van der Waals surface area contributed by atoms with Crippen molar-refractivity contribution in [3.8, 4) is 0 Å². The van der Waals surface area contributed by atoms with Crippen LogP contribution in [0.3, 0.4) is 0 Å². The van der Waals surface area contributed by atoms with Gasteiger partial charge in [0, 0.05) is 5.69 Å². The summed E-state index contributed by atoms with van der Waals surface area (Å²) in [6.07, 6.45) is -4.81. The SMILES string of the molecule is Cc1cc(C(=O)NC(=S)Nc2cccc(F)c2)c(C(F)(F)F)o1. The maximum absolute atomic E-state index is 13.0. The van der Waals surface area contributed by atoms with Crippen LogP contribution in [-0.2, 0) is 6.18 Å². The van der Waals surface area contributed by atoms with Crippen molar-refractivity contribution in [1.29, 1.82) is 0 Å². The molecule has 1 heterocycles. The first kappa shape index (κ1) is 16.9. The number of carbonyl (C=O) groups is 1. The van der Waals surface area contributed by atoms with Crippen LogP contribution < -0.4 is 10.6 Å². The average Bonchev–Trinajstić information content (AvgIpc) is 2.80. The molecular weight excluding hydrogens is 336 g/mol. The molecule has 1 aromatic carbocycles. The molecule has 0 atom stereocenters. The molecule has 0 aliphatic carbocycles. The van der Waals surface area contributed by atoms with Gasteiger partial charge >= 0.3 is 6.18 Å². The number of halogens is 4. The first-order valence-electron chi connectivity index (χ1n) is 6.22. The van der Waals surface area contributed by atoms with Crippen molar-refractivity contribution < 1.29 is 26.8 Å². The number of carbonyl (C=O) groups excluding carboxylic acids is 1. The second kappa shape index (κ2) is 6.37. The summed E-state index contributed by atoms with van der Waals surface area (Å²) < 4.78 is 55.9. The Kier molecular flexibility index (Phi) is 4.69. The van der Waals surface area contributed by atoms with E-state index in [9.17, 15) is 22.4 Å². The van der Waals surface area contributed by atoms with Gasteiger partial charge < -0.3 is 9.73 Å². The van der Waals surface area contributed by atoms with Gasteiger partial charge in [0.1, 0.15) is 11.6 Å². The molecule has 0 radical (unpaired) electrons. The Hall–Kier alpha value is -2.42. The molecule has 0 aliphatic heterocycles. The quantitative estimate of drug-likeness (QED) is 0.640. The van der Waals surface area contributed by atoms with Gasteiger partial charge in [-0.05, 0) is 43.4 Å². The number of aryl methyl sites for hydroxylation is 1. The molecule has 4 nitrogen and oxygen atoms in total. The van der Waals surface area contributed by atoms with E-state index < -0.39 is 29.2 Å². The first-order chi connectivity index (χ1) is 10.7. The fourth-order valence-electron chi connectivity index (χ4n) is 1.79. The van der Waals surface area contributed by atoms with E-state index in [2.05, 4.69) is 15.1 Å². The van der Waals surface area contributed by atoms with Gasteiger partial charge in [0.2, 0.25) is 5.76 Å². The molecule has 0 saturated heterocycles. The summed E-state index contributed by atoms with van der Waals surface area (Å²) in [4.78, 5) is 11.9. The molecular formula is C14H10F4N2O2S. The van der Waals surface area contributed by atoms with Crippen molar-refractivity contribution in [2.24, 2.45) is 0 Å². The molecule has 1 aromatic heterocycles. The van der Waals surface area contributed by atoms with Gasteiger partial charge in [0.25, 0.3) is 5.91 Å². The maximum atomic E-state index is 13.0. The van der Waals surface area contributed by atoms with E-state index in [1.54, 1.807) is 0 Å². The molecule has 2 aromatic rings. The highest BCUT2D eigenvalue weighted by atomic mass is 32.1. The van der Waals surface area contributed by atoms with Gasteiger partial charge in [-0.1, -0.05) is 6.07 Å². The number of amides is 1. The zero-order chi connectivity index (χ0) is 17.2. The van der Waals surface area contributed by atoms with Crippen LogP contribution >= 0.6 is 12.2 Å². The normalized spacial score (nSPS) is 11.2. The third-order valence-corrected chi connectivity index (χ3v) is 2.87. The van der Waals surface area contributed by atoms with E-state index >= 15 is 0 Å². The van der Waals surface area contributed by atoms with Crippen LogP contribution in [0.4, 0.5) is 23.2 Å². The second-order valence-corrected chi connectivity index (χ2v) is 4.92. The van der Waals surface area contributed by atoms with Crippen molar-refractivity contribution >= 4 is 28.9 Å². The fraction of sp³-hybridized carbons (Fsp3) is 0.143. The molecule has 0 spiro atoms. The Morgan fingerprint density at radius 2 is 1.96 bits per heavy atom. The molecule has 1 amide bonds. The van der Waals surface area contributed by atoms with Crippen LogP contribution in [0.25, 0.3) is 0 Å². The van der Waals surface area contributed by atoms with Gasteiger partial charge in [-0.25, -0.2) is 4.39 Å². The summed E-state index contributed by atoms with van der Waals surface area (Å²) in [6.45, 7) is 1.29. The highest BCUT2D eigenvalue weighted by Crippen LogP contribution is 2.33. The minimum atomic E-state index is -4.81. The van der Waals surface area contributed by atoms with E-state index in [0.717, 1.165) is 12.1 Å². The number of hydrogen-bond acceptors (Lipinski definition) is 3. The van der Waals surface area contributed by atoms with Crippen LogP contribution in [0, 0.1) is 12.7 Å². The number of rotatable bonds is 2. The van der Waals surface area contributed by atoms with E-state index in [-0.39, 0.29) is 16.6 Å². The number of anilines is 1. The molecule has 0 saturated carbocycles. The summed E-state index contributed by atoms with van der Waals surface area (Å²) in [7, 11) is 0. The number of benzene rings is 1. The van der Waals surface area contributed by atoms with Crippen molar-refractivity contribution in [3.05, 3.63) is 53.2 Å². The van der Waals surface area contributed by atoms with Crippen molar-refractivity contribution in [1.82, 2.24) is 5.32 Å². The van der Waals surface area contributed by atoms with E-state index in [1.807, 2.05) is 0 Å². The Bertz CT molecular complexity index is 755. The summed E-state index contributed by atoms with van der Waals surface area (Å²) in [5, 5.41) is 4.31. The van der Waals surface area contributed by atoms with Crippen molar-refractivity contribution in [2.45, 2.75) is 13.1 Å². The molecule has 0 aliphatic rings. The molecule has 9 heteroatoms. The lowest BCUT2D eigenvalue weighted by molar-refractivity contribution is -0.153. The van der Waals surface area contributed by atoms with Gasteiger partial charge in [0.15, 0.2) is 5.11 Å². The molecule has 0 bridgehead atoms. The zero-order valence-corrected chi connectivity index (χ0v) is 12.4. The van der Waals surface area contributed by atoms with Crippen LogP contribution in [0.5, 0.6) is 0 Å². The van der Waals surface area contributed by atoms with E-state index in [0.29, 0.717) is 0 Å². The van der Waals surface area contributed by atoms with Crippen LogP contribution in [-0.4, -0.2) is 11.0 Å². The average molecular weight is 346 g/mol. The van der Waals surface area contributed by atoms with Crippen molar-refractivity contribution in [3.63, 3.8) is 0 Å². The van der Waals surface area contributed by atoms with Gasteiger partial charge in [0.05, 0.1) is 5.56 Å². The molecule has 23 heavy (non-hydrogen) atoms. The predicted octanol–water partition coefficient (Wildman–Crippen LogP) is 3.87. The lowest BCUT2D eigenvalue weighted by Gasteiger charge is -2.10. The Morgan fingerprint density at radius 1 is 1.26 bits per heavy atom. The third-order valence-electron chi connectivity index (χ3n) is 2.67. The lowest BCUT2D eigenvalue weighted by atomic mass is 10.2. The van der Waals surface area contributed by atoms with Crippen LogP contribution in [0.2, 0.25) is 0 Å². The Labute approximate surface area is 133 Å². The second-order valence-electron chi connectivity index (χ2n) is 4.52. The number of furan rings is 1. The molecule has 0 unspecified atom stereocenters. The van der Waals surface area contributed by atoms with Crippen molar-refractivity contribution in [2.75, 3.05) is 5.32 Å².